The molecule has 1 aliphatic heterocycles. The van der Waals surface area contributed by atoms with Gasteiger partial charge in [0.1, 0.15) is 30.0 Å². The van der Waals surface area contributed by atoms with Crippen molar-refractivity contribution in [2.45, 2.75) is 82.9 Å². The van der Waals surface area contributed by atoms with E-state index in [0.29, 0.717) is 37.4 Å². The number of carbonyl (C=O) groups excluding carboxylic acids is 4. The third-order valence-corrected chi connectivity index (χ3v) is 10.3. The van der Waals surface area contributed by atoms with Crippen LogP contribution in [-0.2, 0) is 47.5 Å². The van der Waals surface area contributed by atoms with E-state index >= 15 is 8.78 Å². The van der Waals surface area contributed by atoms with Crippen LogP contribution in [0.5, 0.6) is 5.75 Å². The standard InChI is InChI=1S/C40H42F8N6O8/c1-4-60-30(55)17-24(18-31(56)61-5-2)49-14-15-62-28-11-8-22(33(41)34(28)42)20-54-37(59)32(35(57)38(53(54)3)12-6-7-13-38)36(58)52-26-10-9-23(39(43,44)45)16-25(26)27-19-29(40(46,47)48)51-21-50-27/h8-11,16,19,21,24,49,57H,4-7,12-15,17-18,20H2,1-3H3,(H,52,58). The van der Waals surface area contributed by atoms with Crippen molar-refractivity contribution in [3.05, 3.63) is 82.5 Å². The minimum Gasteiger partial charge on any atom is -0.509 e. The molecule has 1 aliphatic carbocycles. The lowest BCUT2D eigenvalue weighted by atomic mass is 9.88. The van der Waals surface area contributed by atoms with Gasteiger partial charge in [0.05, 0.1) is 55.1 Å². The highest BCUT2D eigenvalue weighted by Gasteiger charge is 2.53. The van der Waals surface area contributed by atoms with Crippen LogP contribution in [0.25, 0.3) is 11.3 Å². The van der Waals surface area contributed by atoms with E-state index in [2.05, 4.69) is 20.6 Å². The van der Waals surface area contributed by atoms with Gasteiger partial charge in [-0.15, -0.1) is 0 Å². The van der Waals surface area contributed by atoms with Crippen molar-refractivity contribution in [3.63, 3.8) is 0 Å². The number of carbonyl (C=O) groups is 4. The van der Waals surface area contributed by atoms with Crippen LogP contribution in [0.1, 0.15) is 69.2 Å². The van der Waals surface area contributed by atoms with E-state index in [4.69, 9.17) is 14.2 Å². The molecule has 14 nitrogen and oxygen atoms in total. The number of aliphatic hydroxyl groups is 1. The molecule has 0 unspecified atom stereocenters. The Hall–Kier alpha value is -5.90. The SMILES string of the molecule is CCOC(=O)CC(CC(=O)OCC)NCCOc1ccc(CN2C(=O)C(C(=O)Nc3ccc(C(F)(F)F)cc3-c3cc(C(F)(F)F)ncn3)=C(O)C3(CCCC3)N2C)c(F)c1F. The molecule has 1 fully saturated rings. The Morgan fingerprint density at radius 3 is 2.15 bits per heavy atom. The lowest BCUT2D eigenvalue weighted by molar-refractivity contribution is -0.163. The molecule has 3 N–H and O–H groups in total. The van der Waals surface area contributed by atoms with Crippen LogP contribution in [-0.4, -0.2) is 93.8 Å². The number of alkyl halides is 6. The molecule has 0 saturated heterocycles. The maximum absolute atomic E-state index is 15.7. The molecular weight excluding hydrogens is 844 g/mol. The number of aromatic nitrogens is 2. The minimum atomic E-state index is -5.02. The van der Waals surface area contributed by atoms with Gasteiger partial charge in [-0.1, -0.05) is 18.9 Å². The number of ether oxygens (including phenoxy) is 3. The number of hydrazine groups is 1. The normalized spacial score (nSPS) is 15.7. The number of hydrogen-bond donors (Lipinski definition) is 3. The van der Waals surface area contributed by atoms with E-state index in [0.717, 1.165) is 23.2 Å². The van der Waals surface area contributed by atoms with Crippen molar-refractivity contribution < 1.29 is 73.6 Å². The van der Waals surface area contributed by atoms with E-state index in [-0.39, 0.29) is 57.6 Å². The predicted molar refractivity (Wildman–Crippen MR) is 201 cm³/mol. The Labute approximate surface area is 349 Å². The monoisotopic (exact) mass is 886 g/mol. The van der Waals surface area contributed by atoms with Crippen molar-refractivity contribution in [3.8, 4) is 17.0 Å². The van der Waals surface area contributed by atoms with Gasteiger partial charge in [0.2, 0.25) is 5.82 Å². The number of rotatable bonds is 16. The zero-order valence-electron chi connectivity index (χ0n) is 33.5. The summed E-state index contributed by atoms with van der Waals surface area (Å²) in [7, 11) is 1.39. The number of amides is 2. The summed E-state index contributed by atoms with van der Waals surface area (Å²) < 4.78 is 128. The molecule has 2 aliphatic rings. The van der Waals surface area contributed by atoms with Crippen molar-refractivity contribution in [2.24, 2.45) is 0 Å². The predicted octanol–water partition coefficient (Wildman–Crippen LogP) is 6.66. The molecular formula is C40H42F8N6O8. The Kier molecular flexibility index (Phi) is 14.8. The van der Waals surface area contributed by atoms with Crippen molar-refractivity contribution in [2.75, 3.05) is 38.7 Å². The molecule has 2 heterocycles. The fourth-order valence-corrected chi connectivity index (χ4v) is 7.22. The molecule has 1 spiro atoms. The molecule has 3 aromatic rings. The van der Waals surface area contributed by atoms with E-state index in [9.17, 15) is 50.6 Å². The summed E-state index contributed by atoms with van der Waals surface area (Å²) >= 11 is 0. The molecule has 5 rings (SSSR count). The largest absolute Gasteiger partial charge is 0.509 e. The number of halogens is 8. The zero-order valence-corrected chi connectivity index (χ0v) is 33.5. The van der Waals surface area contributed by atoms with E-state index in [1.807, 2.05) is 0 Å². The number of hydrogen-bond acceptors (Lipinski definition) is 12. The summed E-state index contributed by atoms with van der Waals surface area (Å²) in [6.45, 7) is 2.49. The Morgan fingerprint density at radius 2 is 1.55 bits per heavy atom. The number of likely N-dealkylation sites (N-methyl/N-ethyl adjacent to an activating group) is 1. The number of esters is 2. The van der Waals surface area contributed by atoms with Gasteiger partial charge in [-0.3, -0.25) is 24.2 Å². The third-order valence-electron chi connectivity index (χ3n) is 10.3. The third kappa shape index (κ3) is 10.6. The highest BCUT2D eigenvalue weighted by molar-refractivity contribution is 6.24. The van der Waals surface area contributed by atoms with Gasteiger partial charge in [-0.2, -0.15) is 30.7 Å². The number of nitrogens with zero attached hydrogens (tertiary/aromatic N) is 4. The van der Waals surface area contributed by atoms with E-state index < -0.39 is 111 Å². The van der Waals surface area contributed by atoms with Gasteiger partial charge < -0.3 is 30.0 Å². The summed E-state index contributed by atoms with van der Waals surface area (Å²) in [5, 5.41) is 18.9. The van der Waals surface area contributed by atoms with Crippen LogP contribution in [0.3, 0.4) is 0 Å². The first-order valence-corrected chi connectivity index (χ1v) is 19.3. The fraction of sp³-hybridized carbons (Fsp3) is 0.450. The fourth-order valence-electron chi connectivity index (χ4n) is 7.22. The van der Waals surface area contributed by atoms with E-state index in [1.54, 1.807) is 13.8 Å². The van der Waals surface area contributed by atoms with Crippen LogP contribution in [0.15, 0.2) is 54.1 Å². The zero-order chi connectivity index (χ0) is 45.6. The number of anilines is 1. The molecule has 62 heavy (non-hydrogen) atoms. The second kappa shape index (κ2) is 19.4. The summed E-state index contributed by atoms with van der Waals surface area (Å²) in [5.74, 6) is -7.84. The van der Waals surface area contributed by atoms with E-state index in [1.165, 1.54) is 12.1 Å². The molecule has 0 radical (unpaired) electrons. The molecule has 0 atom stereocenters. The van der Waals surface area contributed by atoms with Gasteiger partial charge in [-0.05, 0) is 57.0 Å². The minimum absolute atomic E-state index is 0.0241. The first-order chi connectivity index (χ1) is 29.2. The average Bonchev–Trinajstić information content (AvgIpc) is 3.71. The number of nitrogens with one attached hydrogen (secondary N) is 2. The lowest BCUT2D eigenvalue weighted by Gasteiger charge is -2.48. The first-order valence-electron chi connectivity index (χ1n) is 19.3. The van der Waals surface area contributed by atoms with Gasteiger partial charge in [0, 0.05) is 30.8 Å². The maximum atomic E-state index is 15.7. The molecule has 1 saturated carbocycles. The molecule has 2 amide bonds. The molecule has 336 valence electrons. The summed E-state index contributed by atoms with van der Waals surface area (Å²) in [6.07, 6.45) is -8.53. The second-order valence-corrected chi connectivity index (χ2v) is 14.2. The van der Waals surface area contributed by atoms with Crippen LogP contribution < -0.4 is 15.4 Å². The Bertz CT molecular complexity index is 2180. The lowest BCUT2D eigenvalue weighted by Crippen LogP contribution is -2.62. The van der Waals surface area contributed by atoms with Crippen LogP contribution >= 0.6 is 0 Å². The average molecular weight is 887 g/mol. The quantitative estimate of drug-likeness (QED) is 0.0606. The number of benzene rings is 2. The maximum Gasteiger partial charge on any atom is 0.433 e. The highest BCUT2D eigenvalue weighted by Crippen LogP contribution is 2.45. The Morgan fingerprint density at radius 1 is 0.903 bits per heavy atom. The molecule has 2 aromatic carbocycles. The summed E-state index contributed by atoms with van der Waals surface area (Å²) in [6, 6.07) is 3.60. The summed E-state index contributed by atoms with van der Waals surface area (Å²) in [4.78, 5) is 59.0. The Balaban J connectivity index is 1.38. The van der Waals surface area contributed by atoms with Crippen LogP contribution in [0.4, 0.5) is 40.8 Å². The van der Waals surface area contributed by atoms with Gasteiger partial charge in [0.15, 0.2) is 11.6 Å². The van der Waals surface area contributed by atoms with Crippen LogP contribution in [0.2, 0.25) is 0 Å². The van der Waals surface area contributed by atoms with Gasteiger partial charge in [0.25, 0.3) is 11.8 Å². The second-order valence-electron chi connectivity index (χ2n) is 14.2. The van der Waals surface area contributed by atoms with Crippen LogP contribution in [0, 0.1) is 11.6 Å². The van der Waals surface area contributed by atoms with Gasteiger partial charge >= 0.3 is 24.3 Å². The summed E-state index contributed by atoms with van der Waals surface area (Å²) in [5.41, 5.74) is -7.30. The van der Waals surface area contributed by atoms with Gasteiger partial charge in [-0.25, -0.2) is 19.4 Å². The van der Waals surface area contributed by atoms with Crippen molar-refractivity contribution in [1.82, 2.24) is 25.3 Å². The molecule has 1 aromatic heterocycles. The molecule has 0 bridgehead atoms. The van der Waals surface area contributed by atoms with Crippen molar-refractivity contribution in [1.29, 1.82) is 0 Å². The highest BCUT2D eigenvalue weighted by atomic mass is 19.4. The smallest absolute Gasteiger partial charge is 0.433 e. The topological polar surface area (TPSA) is 173 Å². The number of aliphatic hydroxyl groups excluding tert-OH is 1. The molecule has 22 heteroatoms. The van der Waals surface area contributed by atoms with Crippen molar-refractivity contribution >= 4 is 29.4 Å². The first kappa shape index (κ1) is 47.2.